The number of thiophene rings is 1. The molecule has 0 aliphatic carbocycles. The summed E-state index contributed by atoms with van der Waals surface area (Å²) in [6.07, 6.45) is 1.18. The lowest BCUT2D eigenvalue weighted by Crippen LogP contribution is -2.00. The van der Waals surface area contributed by atoms with E-state index in [-0.39, 0.29) is 0 Å². The third-order valence-corrected chi connectivity index (χ3v) is 3.07. The summed E-state index contributed by atoms with van der Waals surface area (Å²) in [5.41, 5.74) is 1.62. The van der Waals surface area contributed by atoms with Crippen molar-refractivity contribution < 1.29 is 5.11 Å². The van der Waals surface area contributed by atoms with Crippen LogP contribution < -0.4 is 0 Å². The number of aromatic nitrogens is 2. The second-order valence-corrected chi connectivity index (χ2v) is 4.34. The molecule has 0 saturated heterocycles. The maximum Gasteiger partial charge on any atom is 0.169 e. The predicted molar refractivity (Wildman–Crippen MR) is 60.7 cm³/mol. The lowest BCUT2D eigenvalue weighted by atomic mass is 10.1. The molecule has 2 rings (SSSR count). The second kappa shape index (κ2) is 4.08. The lowest BCUT2D eigenvalue weighted by Gasteiger charge is -2.07. The molecule has 0 aliphatic heterocycles. The van der Waals surface area contributed by atoms with Crippen molar-refractivity contribution >= 4 is 11.3 Å². The summed E-state index contributed by atoms with van der Waals surface area (Å²) in [5, 5.41) is 11.4. The minimum absolute atomic E-state index is 0.512. The molecule has 0 radical (unpaired) electrons. The largest absolute Gasteiger partial charge is 0.389 e. The second-order valence-electron chi connectivity index (χ2n) is 3.39. The number of hydrogen-bond acceptors (Lipinski definition) is 4. The van der Waals surface area contributed by atoms with Gasteiger partial charge in [0.1, 0.15) is 0 Å². The van der Waals surface area contributed by atoms with E-state index in [9.17, 15) is 5.11 Å². The molecule has 2 heterocycles. The van der Waals surface area contributed by atoms with E-state index in [1.807, 2.05) is 24.4 Å². The molecular formula is C11H12N2OS. The molecule has 3 nitrogen and oxygen atoms in total. The van der Waals surface area contributed by atoms with Crippen LogP contribution in [0.15, 0.2) is 23.7 Å². The summed E-state index contributed by atoms with van der Waals surface area (Å²) in [4.78, 5) is 9.67. The van der Waals surface area contributed by atoms with Gasteiger partial charge in [-0.3, -0.25) is 0 Å². The van der Waals surface area contributed by atoms with Crippen LogP contribution in [-0.4, -0.2) is 15.1 Å². The fraction of sp³-hybridized carbons (Fsp3) is 0.273. The quantitative estimate of drug-likeness (QED) is 0.846. The van der Waals surface area contributed by atoms with Crippen molar-refractivity contribution in [2.24, 2.45) is 0 Å². The zero-order chi connectivity index (χ0) is 10.8. The van der Waals surface area contributed by atoms with Crippen LogP contribution in [0.3, 0.4) is 0 Å². The first kappa shape index (κ1) is 10.3. The Balaban J connectivity index is 2.42. The van der Waals surface area contributed by atoms with Gasteiger partial charge in [-0.1, -0.05) is 6.07 Å². The molecule has 0 aliphatic rings. The Morgan fingerprint density at radius 2 is 2.27 bits per heavy atom. The average Bonchev–Trinajstić information content (AvgIpc) is 2.69. The Hall–Kier alpha value is -1.26. The number of hydrogen-bond donors (Lipinski definition) is 1. The number of rotatable bonds is 2. The normalized spacial score (nSPS) is 12.7. The van der Waals surface area contributed by atoms with Crippen molar-refractivity contribution in [1.29, 1.82) is 0 Å². The molecule has 78 valence electrons. The van der Waals surface area contributed by atoms with Crippen LogP contribution in [0.25, 0.3) is 10.7 Å². The van der Waals surface area contributed by atoms with Gasteiger partial charge in [0, 0.05) is 17.5 Å². The molecule has 0 bridgehead atoms. The summed E-state index contributed by atoms with van der Waals surface area (Å²) >= 11 is 1.61. The third kappa shape index (κ3) is 2.06. The molecule has 0 aromatic carbocycles. The Labute approximate surface area is 92.5 Å². The Morgan fingerprint density at radius 3 is 2.80 bits per heavy atom. The minimum atomic E-state index is -0.512. The summed E-state index contributed by atoms with van der Waals surface area (Å²) in [5.74, 6) is 0.729. The topological polar surface area (TPSA) is 46.0 Å². The van der Waals surface area contributed by atoms with Gasteiger partial charge in [-0.25, -0.2) is 9.97 Å². The van der Waals surface area contributed by atoms with Crippen LogP contribution in [0, 0.1) is 6.92 Å². The summed E-state index contributed by atoms with van der Waals surface area (Å²) in [6.45, 7) is 3.61. The molecule has 1 N–H and O–H groups in total. The highest BCUT2D eigenvalue weighted by atomic mass is 32.1. The zero-order valence-corrected chi connectivity index (χ0v) is 9.45. The Bertz CT molecular complexity index is 452. The minimum Gasteiger partial charge on any atom is -0.389 e. The first-order chi connectivity index (χ1) is 7.18. The van der Waals surface area contributed by atoms with Gasteiger partial charge in [-0.15, -0.1) is 11.3 Å². The number of aryl methyl sites for hydroxylation is 1. The Morgan fingerprint density at radius 1 is 1.47 bits per heavy atom. The van der Waals surface area contributed by atoms with E-state index < -0.39 is 6.10 Å². The van der Waals surface area contributed by atoms with Crippen molar-refractivity contribution in [3.05, 3.63) is 35.0 Å². The van der Waals surface area contributed by atoms with E-state index in [0.717, 1.165) is 22.0 Å². The zero-order valence-electron chi connectivity index (χ0n) is 8.64. The van der Waals surface area contributed by atoms with Crippen molar-refractivity contribution in [1.82, 2.24) is 9.97 Å². The van der Waals surface area contributed by atoms with Gasteiger partial charge in [0.15, 0.2) is 5.82 Å². The van der Waals surface area contributed by atoms with Gasteiger partial charge in [0.05, 0.1) is 11.0 Å². The maximum absolute atomic E-state index is 9.45. The summed E-state index contributed by atoms with van der Waals surface area (Å²) in [6, 6.07) is 3.96. The number of nitrogens with zero attached hydrogens (tertiary/aromatic N) is 2. The van der Waals surface area contributed by atoms with Crippen LogP contribution in [0.4, 0.5) is 0 Å². The van der Waals surface area contributed by atoms with Gasteiger partial charge < -0.3 is 5.11 Å². The summed E-state index contributed by atoms with van der Waals surface area (Å²) in [7, 11) is 0. The van der Waals surface area contributed by atoms with E-state index in [1.54, 1.807) is 24.5 Å². The molecule has 1 atom stereocenters. The molecule has 0 unspecified atom stereocenters. The number of aliphatic hydroxyl groups excluding tert-OH is 1. The molecule has 0 spiro atoms. The van der Waals surface area contributed by atoms with Gasteiger partial charge in [-0.05, 0) is 25.3 Å². The third-order valence-electron chi connectivity index (χ3n) is 2.21. The van der Waals surface area contributed by atoms with E-state index in [2.05, 4.69) is 9.97 Å². The maximum atomic E-state index is 9.45. The van der Waals surface area contributed by atoms with Crippen LogP contribution >= 0.6 is 11.3 Å². The van der Waals surface area contributed by atoms with E-state index in [1.165, 1.54) is 0 Å². The van der Waals surface area contributed by atoms with E-state index in [4.69, 9.17) is 0 Å². The molecule has 4 heteroatoms. The Kier molecular flexibility index (Phi) is 2.79. The highest BCUT2D eigenvalue weighted by Crippen LogP contribution is 2.23. The highest BCUT2D eigenvalue weighted by Gasteiger charge is 2.09. The van der Waals surface area contributed by atoms with Crippen LogP contribution in [0.2, 0.25) is 0 Å². The van der Waals surface area contributed by atoms with E-state index >= 15 is 0 Å². The highest BCUT2D eigenvalue weighted by molar-refractivity contribution is 7.13. The molecule has 2 aromatic heterocycles. The molecule has 15 heavy (non-hydrogen) atoms. The monoisotopic (exact) mass is 220 g/mol. The van der Waals surface area contributed by atoms with Gasteiger partial charge in [0.25, 0.3) is 0 Å². The van der Waals surface area contributed by atoms with Crippen LogP contribution in [0.5, 0.6) is 0 Å². The summed E-state index contributed by atoms with van der Waals surface area (Å²) < 4.78 is 0. The van der Waals surface area contributed by atoms with Gasteiger partial charge in [0.2, 0.25) is 0 Å². The number of aliphatic hydroxyl groups is 1. The fourth-order valence-corrected chi connectivity index (χ4v) is 2.08. The standard InChI is InChI=1S/C11H12N2OS/c1-7-9(8(2)14)6-12-11(13-7)10-4-3-5-15-10/h3-6,8,14H,1-2H3/t8-/m0/s1. The van der Waals surface area contributed by atoms with Crippen molar-refractivity contribution in [2.75, 3.05) is 0 Å². The molecule has 2 aromatic rings. The first-order valence-corrected chi connectivity index (χ1v) is 5.62. The first-order valence-electron chi connectivity index (χ1n) is 4.74. The van der Waals surface area contributed by atoms with Crippen molar-refractivity contribution in [2.45, 2.75) is 20.0 Å². The molecular weight excluding hydrogens is 208 g/mol. The van der Waals surface area contributed by atoms with Crippen molar-refractivity contribution in [3.63, 3.8) is 0 Å². The molecule has 0 amide bonds. The van der Waals surface area contributed by atoms with Gasteiger partial charge >= 0.3 is 0 Å². The van der Waals surface area contributed by atoms with Crippen LogP contribution in [-0.2, 0) is 0 Å². The van der Waals surface area contributed by atoms with E-state index in [0.29, 0.717) is 0 Å². The fourth-order valence-electron chi connectivity index (χ4n) is 1.41. The smallest absolute Gasteiger partial charge is 0.169 e. The predicted octanol–water partition coefficient (Wildman–Crippen LogP) is 2.57. The lowest BCUT2D eigenvalue weighted by molar-refractivity contribution is 0.197. The van der Waals surface area contributed by atoms with Crippen LogP contribution in [0.1, 0.15) is 24.3 Å². The average molecular weight is 220 g/mol. The van der Waals surface area contributed by atoms with Crippen molar-refractivity contribution in [3.8, 4) is 10.7 Å². The SMILES string of the molecule is Cc1nc(-c2cccs2)ncc1[C@H](C)O. The molecule has 0 saturated carbocycles. The molecule has 0 fully saturated rings. The van der Waals surface area contributed by atoms with Gasteiger partial charge in [-0.2, -0.15) is 0 Å².